The third kappa shape index (κ3) is 3.60. The smallest absolute Gasteiger partial charge is 0.277 e. The first-order valence-electron chi connectivity index (χ1n) is 7.98. The Balaban J connectivity index is 1.37. The molecule has 0 aliphatic carbocycles. The Morgan fingerprint density at radius 2 is 2.08 bits per heavy atom. The first-order valence-corrected chi connectivity index (χ1v) is 8.96. The highest BCUT2D eigenvalue weighted by Gasteiger charge is 2.27. The van der Waals surface area contributed by atoms with E-state index in [-0.39, 0.29) is 0 Å². The van der Waals surface area contributed by atoms with Gasteiger partial charge < -0.3 is 18.4 Å². The number of nitrogens with zero attached hydrogens (tertiary/aromatic N) is 4. The number of hydrogen-bond acceptors (Lipinski definition) is 9. The molecule has 3 heterocycles. The molecule has 0 amide bonds. The van der Waals surface area contributed by atoms with Crippen molar-refractivity contribution in [1.82, 2.24) is 20.3 Å². The molecule has 3 aromatic rings. The van der Waals surface area contributed by atoms with Gasteiger partial charge in [0.05, 0.1) is 5.75 Å². The predicted octanol–water partition coefficient (Wildman–Crippen LogP) is 3.21. The maximum absolute atomic E-state index is 5.85. The van der Waals surface area contributed by atoms with Gasteiger partial charge in [0.15, 0.2) is 17.3 Å². The number of aryl methyl sites for hydroxylation is 1. The lowest BCUT2D eigenvalue weighted by Gasteiger charge is -2.23. The summed E-state index contributed by atoms with van der Waals surface area (Å²) in [7, 11) is 0. The summed E-state index contributed by atoms with van der Waals surface area (Å²) in [5.41, 5.74) is 0. The van der Waals surface area contributed by atoms with Gasteiger partial charge >= 0.3 is 0 Å². The molecule has 0 fully saturated rings. The van der Waals surface area contributed by atoms with Crippen molar-refractivity contribution in [3.8, 4) is 11.5 Å². The van der Waals surface area contributed by atoms with Crippen molar-refractivity contribution in [2.75, 3.05) is 6.61 Å². The lowest BCUT2D eigenvalue weighted by molar-refractivity contribution is 0.0686. The predicted molar refractivity (Wildman–Crippen MR) is 87.5 cm³/mol. The quantitative estimate of drug-likeness (QED) is 0.614. The van der Waals surface area contributed by atoms with E-state index in [0.717, 1.165) is 18.7 Å². The summed E-state index contributed by atoms with van der Waals surface area (Å²) in [4.78, 5) is 4.30. The fourth-order valence-electron chi connectivity index (χ4n) is 2.35. The first-order chi connectivity index (χ1) is 12.3. The summed E-state index contributed by atoms with van der Waals surface area (Å²) in [5.74, 6) is 3.50. The number of benzene rings is 1. The highest BCUT2D eigenvalue weighted by molar-refractivity contribution is 7.98. The van der Waals surface area contributed by atoms with Gasteiger partial charge in [0, 0.05) is 6.42 Å². The summed E-state index contributed by atoms with van der Waals surface area (Å²) < 4.78 is 22.4. The zero-order valence-electron chi connectivity index (χ0n) is 13.5. The fraction of sp³-hybridized carbons (Fsp3) is 0.375. The molecule has 0 spiro atoms. The Morgan fingerprint density at radius 1 is 1.20 bits per heavy atom. The molecular weight excluding hydrogens is 344 g/mol. The van der Waals surface area contributed by atoms with Crippen LogP contribution in [0.4, 0.5) is 0 Å². The van der Waals surface area contributed by atoms with Crippen molar-refractivity contribution in [3.05, 3.63) is 41.9 Å². The Hall–Kier alpha value is -2.55. The molecule has 0 N–H and O–H groups in total. The van der Waals surface area contributed by atoms with Gasteiger partial charge in [-0.05, 0) is 18.6 Å². The monoisotopic (exact) mass is 360 g/mol. The second kappa shape index (κ2) is 7.14. The summed E-state index contributed by atoms with van der Waals surface area (Å²) in [6, 6.07) is 7.49. The summed E-state index contributed by atoms with van der Waals surface area (Å²) in [6.45, 7) is 2.40. The van der Waals surface area contributed by atoms with Gasteiger partial charge in [0.1, 0.15) is 6.61 Å². The normalized spacial score (nSPS) is 16.1. The van der Waals surface area contributed by atoms with Gasteiger partial charge in [-0.25, -0.2) is 0 Å². The summed E-state index contributed by atoms with van der Waals surface area (Å²) in [6.07, 6.45) is 1.36. The lowest BCUT2D eigenvalue weighted by Crippen LogP contribution is -2.21. The summed E-state index contributed by atoms with van der Waals surface area (Å²) in [5, 5.41) is 12.4. The van der Waals surface area contributed by atoms with Crippen LogP contribution in [0, 0.1) is 0 Å². The molecule has 1 atom stereocenters. The molecule has 0 bridgehead atoms. The van der Waals surface area contributed by atoms with Crippen LogP contribution in [0.1, 0.15) is 37.1 Å². The minimum Gasteiger partial charge on any atom is -0.485 e. The number of thioether (sulfide) groups is 1. The first kappa shape index (κ1) is 15.9. The van der Waals surface area contributed by atoms with Gasteiger partial charge in [0.2, 0.25) is 12.0 Å². The van der Waals surface area contributed by atoms with E-state index in [2.05, 4.69) is 27.3 Å². The SMILES string of the molecule is CCCc1noc(CSc2nnc(C3COc4ccccc4O3)o2)n1. The van der Waals surface area contributed by atoms with E-state index in [1.54, 1.807) is 0 Å². The fourth-order valence-corrected chi connectivity index (χ4v) is 2.95. The van der Waals surface area contributed by atoms with Crippen LogP contribution in [0.5, 0.6) is 11.5 Å². The molecule has 1 unspecified atom stereocenters. The Kier molecular flexibility index (Phi) is 4.55. The van der Waals surface area contributed by atoms with Gasteiger partial charge in [-0.3, -0.25) is 0 Å². The molecule has 1 aliphatic rings. The highest BCUT2D eigenvalue weighted by atomic mass is 32.2. The largest absolute Gasteiger partial charge is 0.485 e. The van der Waals surface area contributed by atoms with Crippen LogP contribution in [0.2, 0.25) is 0 Å². The van der Waals surface area contributed by atoms with Crippen LogP contribution in [0.25, 0.3) is 0 Å². The van der Waals surface area contributed by atoms with E-state index in [0.29, 0.717) is 40.9 Å². The van der Waals surface area contributed by atoms with Crippen LogP contribution in [-0.2, 0) is 12.2 Å². The molecule has 1 aliphatic heterocycles. The minimum atomic E-state index is -0.420. The molecule has 25 heavy (non-hydrogen) atoms. The van der Waals surface area contributed by atoms with E-state index < -0.39 is 6.10 Å². The van der Waals surface area contributed by atoms with E-state index in [9.17, 15) is 0 Å². The Labute approximate surface area is 147 Å². The molecule has 4 rings (SSSR count). The van der Waals surface area contributed by atoms with Crippen LogP contribution in [0.15, 0.2) is 38.4 Å². The number of ether oxygens (including phenoxy) is 2. The highest BCUT2D eigenvalue weighted by Crippen LogP contribution is 2.36. The molecule has 2 aromatic heterocycles. The van der Waals surface area contributed by atoms with Crippen molar-refractivity contribution in [2.24, 2.45) is 0 Å². The van der Waals surface area contributed by atoms with Crippen LogP contribution in [0.3, 0.4) is 0 Å². The maximum atomic E-state index is 5.85. The van der Waals surface area contributed by atoms with Crippen LogP contribution in [-0.4, -0.2) is 26.9 Å². The van der Waals surface area contributed by atoms with E-state index in [4.69, 9.17) is 18.4 Å². The average Bonchev–Trinajstić information content (AvgIpc) is 3.29. The Bertz CT molecular complexity index is 850. The van der Waals surface area contributed by atoms with Gasteiger partial charge in [-0.15, -0.1) is 10.2 Å². The Morgan fingerprint density at radius 3 is 2.96 bits per heavy atom. The number of aromatic nitrogens is 4. The van der Waals surface area contributed by atoms with E-state index in [1.165, 1.54) is 11.8 Å². The zero-order valence-corrected chi connectivity index (χ0v) is 14.4. The molecular formula is C16H16N4O4S. The van der Waals surface area contributed by atoms with Gasteiger partial charge in [-0.2, -0.15) is 4.98 Å². The van der Waals surface area contributed by atoms with E-state index in [1.807, 2.05) is 24.3 Å². The number of para-hydroxylation sites is 2. The van der Waals surface area contributed by atoms with Crippen molar-refractivity contribution >= 4 is 11.8 Å². The molecule has 0 saturated heterocycles. The molecule has 130 valence electrons. The molecule has 9 heteroatoms. The van der Waals surface area contributed by atoms with Gasteiger partial charge in [0.25, 0.3) is 11.1 Å². The third-order valence-electron chi connectivity index (χ3n) is 3.51. The van der Waals surface area contributed by atoms with Crippen LogP contribution < -0.4 is 9.47 Å². The number of rotatable bonds is 6. The third-order valence-corrected chi connectivity index (χ3v) is 4.31. The van der Waals surface area contributed by atoms with Crippen LogP contribution >= 0.6 is 11.8 Å². The van der Waals surface area contributed by atoms with Crippen molar-refractivity contribution in [1.29, 1.82) is 0 Å². The minimum absolute atomic E-state index is 0.327. The van der Waals surface area contributed by atoms with Gasteiger partial charge in [-0.1, -0.05) is 36.0 Å². The lowest BCUT2D eigenvalue weighted by atomic mass is 10.2. The molecule has 0 radical (unpaired) electrons. The molecule has 8 nitrogen and oxygen atoms in total. The van der Waals surface area contributed by atoms with Crippen molar-refractivity contribution < 1.29 is 18.4 Å². The van der Waals surface area contributed by atoms with E-state index >= 15 is 0 Å². The molecule has 1 aromatic carbocycles. The second-order valence-electron chi connectivity index (χ2n) is 5.41. The number of hydrogen-bond donors (Lipinski definition) is 0. The maximum Gasteiger partial charge on any atom is 0.277 e. The molecule has 0 saturated carbocycles. The topological polar surface area (TPSA) is 96.3 Å². The van der Waals surface area contributed by atoms with Crippen molar-refractivity contribution in [3.63, 3.8) is 0 Å². The zero-order chi connectivity index (χ0) is 17.1. The second-order valence-corrected chi connectivity index (χ2v) is 6.34. The average molecular weight is 360 g/mol. The number of fused-ring (bicyclic) bond motifs is 1. The standard InChI is InChI=1S/C16H16N4O4S/c1-2-5-13-17-14(24-20-13)9-25-16-19-18-15(23-16)12-8-21-10-6-3-4-7-11(10)22-12/h3-4,6-7,12H,2,5,8-9H2,1H3. The summed E-state index contributed by atoms with van der Waals surface area (Å²) >= 11 is 1.34. The van der Waals surface area contributed by atoms with Crippen molar-refractivity contribution in [2.45, 2.75) is 36.8 Å².